The lowest BCUT2D eigenvalue weighted by Crippen LogP contribution is -2.05. The number of aryl methyl sites for hydroxylation is 1. The van der Waals surface area contributed by atoms with E-state index in [0.29, 0.717) is 0 Å². The molecule has 66 valence electrons. The number of fused-ring (bicyclic) bond motifs is 1. The lowest BCUT2D eigenvalue weighted by molar-refractivity contribution is 0.713. The molecule has 0 amide bonds. The molecular weight excluding hydrogens is 172 g/mol. The van der Waals surface area contributed by atoms with Gasteiger partial charge in [-0.15, -0.1) is 12.4 Å². The van der Waals surface area contributed by atoms with E-state index in [-0.39, 0.29) is 18.4 Å². The van der Waals surface area contributed by atoms with Gasteiger partial charge in [-0.2, -0.15) is 0 Å². The van der Waals surface area contributed by atoms with Crippen LogP contribution in [-0.2, 0) is 6.42 Å². The summed E-state index contributed by atoms with van der Waals surface area (Å²) in [6, 6.07) is 6.23. The Labute approximate surface area is 78.4 Å². The van der Waals surface area contributed by atoms with Crippen LogP contribution < -0.4 is 11.5 Å². The molecule has 1 aliphatic carbocycles. The van der Waals surface area contributed by atoms with Crippen LogP contribution >= 0.6 is 12.4 Å². The van der Waals surface area contributed by atoms with Crippen molar-refractivity contribution in [3.05, 3.63) is 29.3 Å². The van der Waals surface area contributed by atoms with Gasteiger partial charge in [-0.3, -0.25) is 0 Å². The van der Waals surface area contributed by atoms with Crippen LogP contribution in [-0.4, -0.2) is 0 Å². The van der Waals surface area contributed by atoms with Crippen LogP contribution in [0.4, 0.5) is 5.69 Å². The molecule has 1 aliphatic rings. The van der Waals surface area contributed by atoms with Crippen LogP contribution in [0.5, 0.6) is 0 Å². The third-order valence-electron chi connectivity index (χ3n) is 2.29. The van der Waals surface area contributed by atoms with Gasteiger partial charge < -0.3 is 11.5 Å². The van der Waals surface area contributed by atoms with Gasteiger partial charge in [0.05, 0.1) is 0 Å². The highest BCUT2D eigenvalue weighted by Crippen LogP contribution is 2.30. The molecule has 0 saturated carbocycles. The van der Waals surface area contributed by atoms with Gasteiger partial charge in [0.25, 0.3) is 0 Å². The number of hydrogen-bond donors (Lipinski definition) is 2. The van der Waals surface area contributed by atoms with E-state index in [1.807, 2.05) is 12.1 Å². The van der Waals surface area contributed by atoms with Crippen LogP contribution in [0.15, 0.2) is 18.2 Å². The Kier molecular flexibility index (Phi) is 2.60. The molecule has 0 radical (unpaired) electrons. The highest BCUT2D eigenvalue weighted by molar-refractivity contribution is 5.85. The van der Waals surface area contributed by atoms with Crippen LogP contribution in [0, 0.1) is 0 Å². The minimum absolute atomic E-state index is 0. The fourth-order valence-corrected chi connectivity index (χ4v) is 1.65. The van der Waals surface area contributed by atoms with Crippen LogP contribution in [0.3, 0.4) is 0 Å². The molecule has 0 fully saturated rings. The van der Waals surface area contributed by atoms with E-state index in [4.69, 9.17) is 11.5 Å². The van der Waals surface area contributed by atoms with Gasteiger partial charge in [0, 0.05) is 11.7 Å². The van der Waals surface area contributed by atoms with Crippen molar-refractivity contribution in [2.24, 2.45) is 5.73 Å². The third-order valence-corrected chi connectivity index (χ3v) is 2.29. The van der Waals surface area contributed by atoms with Crippen molar-refractivity contribution in [1.29, 1.82) is 0 Å². The van der Waals surface area contributed by atoms with Gasteiger partial charge in [0.1, 0.15) is 0 Å². The number of anilines is 1. The normalized spacial score (nSPS) is 19.9. The van der Waals surface area contributed by atoms with Crippen molar-refractivity contribution in [2.45, 2.75) is 18.9 Å². The summed E-state index contributed by atoms with van der Waals surface area (Å²) in [6.07, 6.45) is 2.18. The van der Waals surface area contributed by atoms with E-state index in [2.05, 4.69) is 6.07 Å². The summed E-state index contributed by atoms with van der Waals surface area (Å²) < 4.78 is 0. The fourth-order valence-electron chi connectivity index (χ4n) is 1.65. The molecule has 2 nitrogen and oxygen atoms in total. The summed E-state index contributed by atoms with van der Waals surface area (Å²) in [5.74, 6) is 0. The minimum atomic E-state index is 0. The molecule has 1 aromatic rings. The molecule has 0 saturated heterocycles. The van der Waals surface area contributed by atoms with Gasteiger partial charge in [-0.1, -0.05) is 6.07 Å². The molecule has 0 spiro atoms. The van der Waals surface area contributed by atoms with Crippen molar-refractivity contribution in [3.63, 3.8) is 0 Å². The van der Waals surface area contributed by atoms with E-state index in [1.54, 1.807) is 0 Å². The average Bonchev–Trinajstić information content (AvgIpc) is 2.33. The molecule has 0 aliphatic heterocycles. The predicted molar refractivity (Wildman–Crippen MR) is 53.4 cm³/mol. The maximum absolute atomic E-state index is 5.86. The van der Waals surface area contributed by atoms with Gasteiger partial charge in [-0.05, 0) is 36.1 Å². The van der Waals surface area contributed by atoms with Gasteiger partial charge >= 0.3 is 0 Å². The van der Waals surface area contributed by atoms with Gasteiger partial charge in [0.2, 0.25) is 0 Å². The van der Waals surface area contributed by atoms with Crippen molar-refractivity contribution in [2.75, 3.05) is 5.73 Å². The Hall–Kier alpha value is -0.730. The molecule has 0 bridgehead atoms. The molecule has 2 rings (SSSR count). The van der Waals surface area contributed by atoms with Crippen LogP contribution in [0.2, 0.25) is 0 Å². The van der Waals surface area contributed by atoms with Crippen LogP contribution in [0.25, 0.3) is 0 Å². The Morgan fingerprint density at radius 1 is 1.33 bits per heavy atom. The van der Waals surface area contributed by atoms with Gasteiger partial charge in [-0.25, -0.2) is 0 Å². The van der Waals surface area contributed by atoms with E-state index >= 15 is 0 Å². The van der Waals surface area contributed by atoms with Crippen molar-refractivity contribution in [3.8, 4) is 0 Å². The molecule has 12 heavy (non-hydrogen) atoms. The zero-order valence-electron chi connectivity index (χ0n) is 6.79. The third kappa shape index (κ3) is 1.40. The van der Waals surface area contributed by atoms with E-state index < -0.39 is 0 Å². The molecule has 0 aromatic heterocycles. The Balaban J connectivity index is 0.000000720. The fraction of sp³-hybridized carbons (Fsp3) is 0.333. The summed E-state index contributed by atoms with van der Waals surface area (Å²) in [7, 11) is 0. The lowest BCUT2D eigenvalue weighted by atomic mass is 10.1. The maximum atomic E-state index is 5.86. The zero-order chi connectivity index (χ0) is 7.84. The lowest BCUT2D eigenvalue weighted by Gasteiger charge is -2.04. The van der Waals surface area contributed by atoms with Crippen molar-refractivity contribution in [1.82, 2.24) is 0 Å². The zero-order valence-corrected chi connectivity index (χ0v) is 7.60. The Morgan fingerprint density at radius 2 is 2.08 bits per heavy atom. The van der Waals surface area contributed by atoms with E-state index in [1.165, 1.54) is 11.1 Å². The second-order valence-electron chi connectivity index (χ2n) is 3.10. The second kappa shape index (κ2) is 3.33. The maximum Gasteiger partial charge on any atom is 0.0317 e. The smallest absolute Gasteiger partial charge is 0.0317 e. The van der Waals surface area contributed by atoms with Crippen molar-refractivity contribution >= 4 is 18.1 Å². The largest absolute Gasteiger partial charge is 0.399 e. The summed E-state index contributed by atoms with van der Waals surface area (Å²) in [5.41, 5.74) is 14.9. The number of benzene rings is 1. The topological polar surface area (TPSA) is 52.0 Å². The number of halogens is 1. The highest BCUT2D eigenvalue weighted by Gasteiger charge is 2.18. The molecule has 3 heteroatoms. The first-order valence-corrected chi connectivity index (χ1v) is 3.91. The summed E-state index contributed by atoms with van der Waals surface area (Å²) >= 11 is 0. The average molecular weight is 185 g/mol. The van der Waals surface area contributed by atoms with E-state index in [0.717, 1.165) is 18.5 Å². The van der Waals surface area contributed by atoms with Gasteiger partial charge in [0.15, 0.2) is 0 Å². The number of nitrogen functional groups attached to an aromatic ring is 1. The quantitative estimate of drug-likeness (QED) is 0.603. The van der Waals surface area contributed by atoms with Crippen molar-refractivity contribution < 1.29 is 0 Å². The first-order valence-electron chi connectivity index (χ1n) is 3.91. The monoisotopic (exact) mass is 184 g/mol. The first kappa shape index (κ1) is 9.36. The number of hydrogen-bond acceptors (Lipinski definition) is 2. The number of rotatable bonds is 0. The minimum Gasteiger partial charge on any atom is -0.399 e. The summed E-state index contributed by atoms with van der Waals surface area (Å²) in [5, 5.41) is 0. The molecular formula is C9H13ClN2. The molecule has 0 heterocycles. The Bertz CT molecular complexity index is 286. The standard InChI is InChI=1S/C9H12N2.ClH/c10-7-3-1-6-2-4-9(11)8(6)5-7;/h1,3,5,9H,2,4,10-11H2;1H. The SMILES string of the molecule is Cl.Nc1ccc2c(c1)C(N)CC2. The molecule has 1 aromatic carbocycles. The molecule has 1 unspecified atom stereocenters. The summed E-state index contributed by atoms with van der Waals surface area (Å²) in [4.78, 5) is 0. The predicted octanol–water partition coefficient (Wildman–Crippen LogP) is 1.64. The van der Waals surface area contributed by atoms with Crippen LogP contribution in [0.1, 0.15) is 23.6 Å². The number of nitrogens with two attached hydrogens (primary N) is 2. The first-order chi connectivity index (χ1) is 5.27. The highest BCUT2D eigenvalue weighted by atomic mass is 35.5. The van der Waals surface area contributed by atoms with E-state index in [9.17, 15) is 0 Å². The Morgan fingerprint density at radius 3 is 2.83 bits per heavy atom. The molecule has 4 N–H and O–H groups in total. The molecule has 1 atom stereocenters. The summed E-state index contributed by atoms with van der Waals surface area (Å²) in [6.45, 7) is 0. The second-order valence-corrected chi connectivity index (χ2v) is 3.10.